The molecule has 0 bridgehead atoms. The van der Waals surface area contributed by atoms with Gasteiger partial charge in [-0.2, -0.15) is 0 Å². The fraction of sp³-hybridized carbons (Fsp3) is 0.160. The van der Waals surface area contributed by atoms with E-state index in [1.165, 1.54) is 22.3 Å². The van der Waals surface area contributed by atoms with Crippen LogP contribution in [0.4, 0.5) is 34.1 Å². The van der Waals surface area contributed by atoms with E-state index in [2.05, 4.69) is 260 Å². The van der Waals surface area contributed by atoms with Gasteiger partial charge in [-0.3, -0.25) is 0 Å². The molecule has 106 heavy (non-hydrogen) atoms. The molecule has 0 fully saturated rings. The lowest BCUT2D eigenvalue weighted by atomic mass is 9.33. The van der Waals surface area contributed by atoms with Gasteiger partial charge in [-0.05, 0) is 214 Å². The van der Waals surface area contributed by atoms with E-state index in [9.17, 15) is 8.22 Å². The zero-order valence-electron chi connectivity index (χ0n) is 71.8. The molecule has 0 radical (unpaired) electrons. The number of furan rings is 1. The van der Waals surface area contributed by atoms with Crippen molar-refractivity contribution in [3.05, 3.63) is 319 Å². The summed E-state index contributed by atoms with van der Waals surface area (Å²) in [6, 6.07) is 79.2. The minimum absolute atomic E-state index is 0.00993. The SMILES string of the molecule is [2H]c1c([2H])c([2H])c(-c2ccc3c(c2)N(c2cccc4c2oc2c(-n5c6ccc(C(C)(C)C)cc6c6cc(C(C)(C)C)ccc65)cccc24)c2cc(-c4c([2H])c([2H])c([2H])c([2H])c4[2H])cc4c2B3c2ccc(-n3c5ccc(C(C)(C)C)cc5c5cc(C(C)(C)C)ccc53)cc2N4c2cc(-c3ccccc3)cc(-c3ccccc3)c2)c([2H])c1[2H]. The minimum Gasteiger partial charge on any atom is -0.452 e. The summed E-state index contributed by atoms with van der Waals surface area (Å²) in [5.74, 6) is 0. The normalized spacial score (nSPS) is 14.5. The summed E-state index contributed by atoms with van der Waals surface area (Å²) in [5.41, 5.74) is 22.3. The van der Waals surface area contributed by atoms with Crippen LogP contribution in [0.3, 0.4) is 0 Å². The summed E-state index contributed by atoms with van der Waals surface area (Å²) in [5, 5.41) is 6.13. The van der Waals surface area contributed by atoms with E-state index < -0.39 is 43.0 Å². The summed E-state index contributed by atoms with van der Waals surface area (Å²) in [4.78, 5) is 4.45. The number of fused-ring (bicyclic) bond motifs is 13. The first-order valence-electron chi connectivity index (χ1n) is 41.8. The van der Waals surface area contributed by atoms with Gasteiger partial charge in [-0.1, -0.05) is 271 Å². The highest BCUT2D eigenvalue weighted by Crippen LogP contribution is 2.52. The molecule has 0 saturated heterocycles. The lowest BCUT2D eigenvalue weighted by Gasteiger charge is -2.44. The molecule has 3 aromatic heterocycles. The molecule has 0 atom stereocenters. The van der Waals surface area contributed by atoms with Gasteiger partial charge in [0.05, 0.1) is 47.1 Å². The second-order valence-corrected chi connectivity index (χ2v) is 33.1. The number of rotatable bonds is 8. The predicted octanol–water partition coefficient (Wildman–Crippen LogP) is 25.7. The number of hydrogen-bond acceptors (Lipinski definition) is 3. The van der Waals surface area contributed by atoms with Gasteiger partial charge >= 0.3 is 0 Å². The molecule has 2 aliphatic rings. The smallest absolute Gasteiger partial charge is 0.252 e. The van der Waals surface area contributed by atoms with Gasteiger partial charge in [0.15, 0.2) is 11.2 Å². The van der Waals surface area contributed by atoms with Gasteiger partial charge in [0.1, 0.15) is 0 Å². The van der Waals surface area contributed by atoms with E-state index >= 15 is 0 Å². The van der Waals surface area contributed by atoms with Gasteiger partial charge < -0.3 is 23.4 Å². The maximum atomic E-state index is 9.98. The van der Waals surface area contributed by atoms with Crippen LogP contribution in [0.2, 0.25) is 0 Å². The maximum absolute atomic E-state index is 9.98. The Morgan fingerprint density at radius 1 is 0.274 bits per heavy atom. The van der Waals surface area contributed by atoms with Crippen molar-refractivity contribution in [2.75, 3.05) is 9.80 Å². The van der Waals surface area contributed by atoms with Crippen LogP contribution < -0.4 is 26.2 Å². The third-order valence-corrected chi connectivity index (χ3v) is 22.2. The van der Waals surface area contributed by atoms with E-state index in [4.69, 9.17) is 9.90 Å². The number of para-hydroxylation sites is 2. The Balaban J connectivity index is 0.956. The van der Waals surface area contributed by atoms with Crippen LogP contribution in [0.1, 0.15) is 119 Å². The highest BCUT2D eigenvalue weighted by atomic mass is 16.3. The molecule has 17 aromatic rings. The zero-order valence-corrected chi connectivity index (χ0v) is 61.8. The van der Waals surface area contributed by atoms with E-state index in [1.807, 2.05) is 78.9 Å². The lowest BCUT2D eigenvalue weighted by molar-refractivity contribution is 0.590. The van der Waals surface area contributed by atoms with Gasteiger partial charge in [0, 0.05) is 66.4 Å². The fourth-order valence-corrected chi connectivity index (χ4v) is 16.7. The van der Waals surface area contributed by atoms with Crippen molar-refractivity contribution in [2.45, 2.75) is 105 Å². The van der Waals surface area contributed by atoms with Crippen molar-refractivity contribution in [3.8, 4) is 55.9 Å². The Morgan fingerprint density at radius 3 is 1.16 bits per heavy atom. The molecule has 14 aromatic carbocycles. The van der Waals surface area contributed by atoms with Crippen molar-refractivity contribution in [1.82, 2.24) is 9.13 Å². The molecule has 0 amide bonds. The van der Waals surface area contributed by atoms with Crippen LogP contribution in [0, 0.1) is 0 Å². The van der Waals surface area contributed by atoms with Gasteiger partial charge in [0.2, 0.25) is 0 Å². The van der Waals surface area contributed by atoms with E-state index in [0.717, 1.165) is 116 Å². The molecule has 514 valence electrons. The van der Waals surface area contributed by atoms with Crippen molar-refractivity contribution < 1.29 is 18.1 Å². The first-order valence-corrected chi connectivity index (χ1v) is 36.8. The average molecular weight is 1380 g/mol. The number of hydrogen-bond donors (Lipinski definition) is 0. The molecule has 0 saturated carbocycles. The van der Waals surface area contributed by atoms with Crippen LogP contribution in [0.5, 0.6) is 0 Å². The Hall–Kier alpha value is -11.9. The molecule has 5 nitrogen and oxygen atoms in total. The average Bonchev–Trinajstić information content (AvgIpc) is 0.704. The molecule has 0 N–H and O–H groups in total. The largest absolute Gasteiger partial charge is 0.452 e. The molecular weight excluding hydrogens is 1280 g/mol. The Morgan fingerprint density at radius 2 is 0.679 bits per heavy atom. The first kappa shape index (κ1) is 54.7. The van der Waals surface area contributed by atoms with Gasteiger partial charge in [-0.15, -0.1) is 0 Å². The highest BCUT2D eigenvalue weighted by Gasteiger charge is 2.45. The quantitative estimate of drug-likeness (QED) is 0.142. The van der Waals surface area contributed by atoms with Gasteiger partial charge in [-0.25, -0.2) is 0 Å². The number of nitrogens with zero attached hydrogens (tertiary/aromatic N) is 4. The van der Waals surface area contributed by atoms with Crippen LogP contribution in [-0.2, 0) is 21.7 Å². The number of aromatic nitrogens is 2. The minimum atomic E-state index is -0.642. The monoisotopic (exact) mass is 1380 g/mol. The van der Waals surface area contributed by atoms with E-state index in [1.54, 1.807) is 0 Å². The Bertz CT molecular complexity index is 6830. The van der Waals surface area contributed by atoms with Crippen molar-refractivity contribution in [1.29, 1.82) is 0 Å². The van der Waals surface area contributed by atoms with E-state index in [-0.39, 0.29) is 57.0 Å². The molecule has 0 unspecified atom stereocenters. The summed E-state index contributed by atoms with van der Waals surface area (Å²) in [6.45, 7) is 26.3. The molecular formula is C100H85BN4O. The summed E-state index contributed by atoms with van der Waals surface area (Å²) >= 11 is 0. The molecule has 0 spiro atoms. The second-order valence-electron chi connectivity index (χ2n) is 33.1. The van der Waals surface area contributed by atoms with Gasteiger partial charge in [0.25, 0.3) is 6.71 Å². The third-order valence-electron chi connectivity index (χ3n) is 22.2. The summed E-state index contributed by atoms with van der Waals surface area (Å²) < 4.78 is 106. The fourth-order valence-electron chi connectivity index (χ4n) is 16.7. The number of benzene rings is 14. The van der Waals surface area contributed by atoms with Crippen LogP contribution in [0.15, 0.2) is 301 Å². The molecule has 0 aliphatic carbocycles. The van der Waals surface area contributed by atoms with Crippen molar-refractivity contribution in [2.24, 2.45) is 0 Å². The standard InChI is InChI=1S/C100H85BN4O/c1-97(2,3)70-40-47-84-78(57-70)79-58-71(98(4,5)6)41-48-85(79)102(84)74-44-46-83-91(61-74)103(75-52-67(63-29-19-14-20-30-63)51-68(53-75)64-31-21-15-22-32-64)92-55-69(65-33-23-16-24-34-65)56-93-94(92)101(83)82-45-39-66(62-27-17-13-18-28-62)54-90(82)105(93)89-38-26-36-77-76-35-25-37-88(95(76)106-96(77)89)104-86-49-42-72(99(7,8)9)59-80(86)81-60-73(100(10,11)12)43-50-87(81)104/h13-61H,1-12H3/i13D,16D,17D,18D,23D,24D,27D,28D,33D,34D. The van der Waals surface area contributed by atoms with Crippen LogP contribution in [0.25, 0.3) is 121 Å². The zero-order chi connectivity index (χ0) is 81.2. The topological polar surface area (TPSA) is 29.5 Å². The molecule has 6 heteroatoms. The summed E-state index contributed by atoms with van der Waals surface area (Å²) in [7, 11) is 0. The number of anilines is 6. The molecule has 19 rings (SSSR count). The van der Waals surface area contributed by atoms with Crippen LogP contribution in [-0.4, -0.2) is 15.8 Å². The Labute approximate surface area is 636 Å². The summed E-state index contributed by atoms with van der Waals surface area (Å²) in [6.07, 6.45) is 0. The third kappa shape index (κ3) is 10.5. The van der Waals surface area contributed by atoms with Crippen molar-refractivity contribution >= 4 is 123 Å². The second kappa shape index (κ2) is 23.8. The highest BCUT2D eigenvalue weighted by molar-refractivity contribution is 7.00. The van der Waals surface area contributed by atoms with Crippen molar-refractivity contribution in [3.63, 3.8) is 0 Å². The van der Waals surface area contributed by atoms with E-state index in [0.29, 0.717) is 45.0 Å². The first-order chi connectivity index (χ1) is 55.2. The molecule has 5 heterocycles. The predicted molar refractivity (Wildman–Crippen MR) is 453 cm³/mol. The van der Waals surface area contributed by atoms with Crippen LogP contribution >= 0.6 is 0 Å². The maximum Gasteiger partial charge on any atom is 0.252 e. The molecule has 2 aliphatic heterocycles. The lowest BCUT2D eigenvalue weighted by Crippen LogP contribution is -2.61. The Kier molecular flexibility index (Phi) is 12.3.